The Hall–Kier alpha value is -3.65. The van der Waals surface area contributed by atoms with Crippen LogP contribution in [0.2, 0.25) is 0 Å². The van der Waals surface area contributed by atoms with Gasteiger partial charge in [-0.05, 0) is 56.2 Å². The molecule has 1 amide bonds. The van der Waals surface area contributed by atoms with Gasteiger partial charge in [0.05, 0.1) is 17.9 Å². The zero-order valence-corrected chi connectivity index (χ0v) is 16.2. The number of nitrogens with one attached hydrogen (secondary N) is 1. The van der Waals surface area contributed by atoms with E-state index in [0.717, 1.165) is 28.2 Å². The smallest absolute Gasteiger partial charge is 0.262 e. The van der Waals surface area contributed by atoms with Crippen LogP contribution in [0.1, 0.15) is 35.5 Å². The molecule has 1 N–H and O–H groups in total. The molecule has 1 atom stereocenters. The van der Waals surface area contributed by atoms with E-state index in [-0.39, 0.29) is 17.5 Å². The van der Waals surface area contributed by atoms with Gasteiger partial charge in [-0.3, -0.25) is 9.78 Å². The summed E-state index contributed by atoms with van der Waals surface area (Å²) in [5, 5.41) is 12.4. The van der Waals surface area contributed by atoms with E-state index in [9.17, 15) is 10.1 Å². The molecule has 0 spiro atoms. The van der Waals surface area contributed by atoms with E-state index in [1.807, 2.05) is 75.4 Å². The topological polar surface area (TPSA) is 70.7 Å². The molecule has 2 heterocycles. The third-order valence-electron chi connectivity index (χ3n) is 4.69. The van der Waals surface area contributed by atoms with Crippen LogP contribution in [0.3, 0.4) is 0 Å². The van der Waals surface area contributed by atoms with E-state index in [2.05, 4.69) is 14.9 Å². The lowest BCUT2D eigenvalue weighted by atomic mass is 10.1. The molecule has 0 radical (unpaired) electrons. The molecule has 0 saturated heterocycles. The number of rotatable bonds is 5. The first-order valence-corrected chi connectivity index (χ1v) is 9.08. The molecule has 0 aliphatic rings. The van der Waals surface area contributed by atoms with Crippen molar-refractivity contribution in [3.63, 3.8) is 0 Å². The number of pyridine rings is 1. The van der Waals surface area contributed by atoms with E-state index in [1.54, 1.807) is 18.5 Å². The van der Waals surface area contributed by atoms with Crippen LogP contribution >= 0.6 is 0 Å². The fourth-order valence-electron chi connectivity index (χ4n) is 3.22. The van der Waals surface area contributed by atoms with Crippen LogP contribution < -0.4 is 5.32 Å². The minimum Gasteiger partial charge on any atom is -0.345 e. The predicted molar refractivity (Wildman–Crippen MR) is 110 cm³/mol. The number of aryl methyl sites for hydroxylation is 1. The lowest BCUT2D eigenvalue weighted by molar-refractivity contribution is -0.117. The van der Waals surface area contributed by atoms with Crippen molar-refractivity contribution in [1.82, 2.24) is 14.9 Å². The van der Waals surface area contributed by atoms with E-state index in [4.69, 9.17) is 0 Å². The van der Waals surface area contributed by atoms with Crippen LogP contribution in [-0.2, 0) is 4.79 Å². The highest BCUT2D eigenvalue weighted by molar-refractivity contribution is 6.02. The summed E-state index contributed by atoms with van der Waals surface area (Å²) >= 11 is 0. The highest BCUT2D eigenvalue weighted by atomic mass is 16.1. The normalized spacial score (nSPS) is 12.3. The van der Waals surface area contributed by atoms with Gasteiger partial charge in [-0.1, -0.05) is 30.3 Å². The molecule has 0 aliphatic carbocycles. The first-order chi connectivity index (χ1) is 13.5. The Morgan fingerprint density at radius 1 is 1.21 bits per heavy atom. The van der Waals surface area contributed by atoms with Crippen LogP contribution in [0.4, 0.5) is 0 Å². The van der Waals surface area contributed by atoms with Gasteiger partial charge in [0.25, 0.3) is 5.91 Å². The monoisotopic (exact) mass is 370 g/mol. The van der Waals surface area contributed by atoms with Crippen molar-refractivity contribution in [2.45, 2.75) is 26.8 Å². The van der Waals surface area contributed by atoms with Crippen LogP contribution in [0.25, 0.3) is 11.8 Å². The Balaban J connectivity index is 1.87. The van der Waals surface area contributed by atoms with E-state index < -0.39 is 0 Å². The number of benzene rings is 1. The number of carbonyl (C=O) groups is 1. The highest BCUT2D eigenvalue weighted by Gasteiger charge is 2.16. The molecule has 0 aliphatic heterocycles. The van der Waals surface area contributed by atoms with E-state index in [1.165, 1.54) is 0 Å². The van der Waals surface area contributed by atoms with Crippen molar-refractivity contribution in [2.24, 2.45) is 0 Å². The van der Waals surface area contributed by atoms with Crippen molar-refractivity contribution < 1.29 is 4.79 Å². The second kappa shape index (κ2) is 8.36. The van der Waals surface area contributed by atoms with Gasteiger partial charge in [-0.15, -0.1) is 0 Å². The molecule has 5 nitrogen and oxygen atoms in total. The molecular formula is C23H22N4O. The SMILES string of the molecule is Cc1cc(/C=C(/C#N)C(=O)N[C@@H](C)c2ccccc2)c(C)n1-c1cccnc1. The minimum absolute atomic E-state index is 0.0780. The van der Waals surface area contributed by atoms with Gasteiger partial charge in [0.1, 0.15) is 11.6 Å². The van der Waals surface area contributed by atoms with Gasteiger partial charge in [0.15, 0.2) is 0 Å². The standard InChI is InChI=1S/C23H22N4O/c1-16-12-20(18(3)27(16)22-10-7-11-25-15-22)13-21(14-24)23(28)26-17(2)19-8-5-4-6-9-19/h4-13,15,17H,1-3H3,(H,26,28)/b21-13-/t17-/m0/s1. The van der Waals surface area contributed by atoms with Gasteiger partial charge in [-0.25, -0.2) is 0 Å². The van der Waals surface area contributed by atoms with E-state index in [0.29, 0.717) is 0 Å². The van der Waals surface area contributed by atoms with Gasteiger partial charge < -0.3 is 9.88 Å². The van der Waals surface area contributed by atoms with E-state index >= 15 is 0 Å². The number of nitriles is 1. The molecule has 140 valence electrons. The number of hydrogen-bond acceptors (Lipinski definition) is 3. The maximum Gasteiger partial charge on any atom is 0.262 e. The lowest BCUT2D eigenvalue weighted by Crippen LogP contribution is -2.27. The van der Waals surface area contributed by atoms with Crippen LogP contribution in [-0.4, -0.2) is 15.5 Å². The molecular weight excluding hydrogens is 348 g/mol. The Morgan fingerprint density at radius 3 is 2.61 bits per heavy atom. The Labute approximate surface area is 165 Å². The first-order valence-electron chi connectivity index (χ1n) is 9.08. The van der Waals surface area contributed by atoms with Gasteiger partial charge in [0.2, 0.25) is 0 Å². The average Bonchev–Trinajstić information content (AvgIpc) is 3.00. The number of nitrogens with zero attached hydrogens (tertiary/aromatic N) is 3. The molecule has 0 saturated carbocycles. The van der Waals surface area contributed by atoms with Gasteiger partial charge >= 0.3 is 0 Å². The molecule has 2 aromatic heterocycles. The summed E-state index contributed by atoms with van der Waals surface area (Å²) < 4.78 is 2.05. The Morgan fingerprint density at radius 2 is 1.96 bits per heavy atom. The molecule has 3 aromatic rings. The summed E-state index contributed by atoms with van der Waals surface area (Å²) in [5.41, 5.74) is 4.80. The summed E-state index contributed by atoms with van der Waals surface area (Å²) in [6, 6.07) is 17.3. The van der Waals surface area contributed by atoms with Gasteiger partial charge in [0, 0.05) is 17.6 Å². The van der Waals surface area contributed by atoms with Crippen molar-refractivity contribution in [1.29, 1.82) is 5.26 Å². The van der Waals surface area contributed by atoms with Crippen LogP contribution in [0.5, 0.6) is 0 Å². The first kappa shape index (κ1) is 19.1. The molecule has 0 bridgehead atoms. The summed E-state index contributed by atoms with van der Waals surface area (Å²) in [5.74, 6) is -0.384. The Bertz CT molecular complexity index is 1040. The molecule has 1 aromatic carbocycles. The molecule has 0 fully saturated rings. The lowest BCUT2D eigenvalue weighted by Gasteiger charge is -2.13. The minimum atomic E-state index is -0.384. The number of hydrogen-bond donors (Lipinski definition) is 1. The van der Waals surface area contributed by atoms with Crippen molar-refractivity contribution in [3.8, 4) is 11.8 Å². The maximum absolute atomic E-state index is 12.6. The summed E-state index contributed by atoms with van der Waals surface area (Å²) in [4.78, 5) is 16.8. The molecule has 28 heavy (non-hydrogen) atoms. The molecule has 5 heteroatoms. The Kier molecular flexibility index (Phi) is 5.71. The molecule has 3 rings (SSSR count). The highest BCUT2D eigenvalue weighted by Crippen LogP contribution is 2.22. The zero-order valence-electron chi connectivity index (χ0n) is 16.2. The quantitative estimate of drug-likeness (QED) is 0.538. The largest absolute Gasteiger partial charge is 0.345 e. The summed E-state index contributed by atoms with van der Waals surface area (Å²) in [6.45, 7) is 5.85. The predicted octanol–water partition coefficient (Wildman–Crippen LogP) is 4.27. The number of carbonyl (C=O) groups excluding carboxylic acids is 1. The number of aromatic nitrogens is 2. The summed E-state index contributed by atoms with van der Waals surface area (Å²) in [6.07, 6.45) is 5.15. The van der Waals surface area contributed by atoms with Crippen molar-refractivity contribution in [2.75, 3.05) is 0 Å². The third-order valence-corrected chi connectivity index (χ3v) is 4.69. The second-order valence-corrected chi connectivity index (χ2v) is 6.65. The zero-order chi connectivity index (χ0) is 20.1. The fourth-order valence-corrected chi connectivity index (χ4v) is 3.22. The van der Waals surface area contributed by atoms with Crippen LogP contribution in [0, 0.1) is 25.2 Å². The molecule has 0 unspecified atom stereocenters. The van der Waals surface area contributed by atoms with Crippen molar-refractivity contribution >= 4 is 12.0 Å². The fraction of sp³-hybridized carbons (Fsp3) is 0.174. The average molecular weight is 370 g/mol. The number of amides is 1. The van der Waals surface area contributed by atoms with Crippen LogP contribution in [0.15, 0.2) is 66.5 Å². The third kappa shape index (κ3) is 4.02. The second-order valence-electron chi connectivity index (χ2n) is 6.65. The van der Waals surface area contributed by atoms with Gasteiger partial charge in [-0.2, -0.15) is 5.26 Å². The maximum atomic E-state index is 12.6. The summed E-state index contributed by atoms with van der Waals surface area (Å²) in [7, 11) is 0. The van der Waals surface area contributed by atoms with Crippen molar-refractivity contribution in [3.05, 3.63) is 89.0 Å².